The van der Waals surface area contributed by atoms with Crippen LogP contribution in [0.1, 0.15) is 78.1 Å². The van der Waals surface area contributed by atoms with E-state index in [0.717, 1.165) is 10.7 Å². The van der Waals surface area contributed by atoms with Gasteiger partial charge in [-0.05, 0) is 39.5 Å². The Morgan fingerprint density at radius 1 is 1.21 bits per heavy atom. The molecule has 2 atom stereocenters. The standard InChI is InChI=1S/C21H36N2O4S/c1-13(2)10-18(24)26-17(19-22-15(5)12-28-19)11-16(14(3)4)23(9)20(25)27-21(6,7)8/h12-14,16-17H,10-11H2,1-9H3/t16-,17-/m1/s1. The van der Waals surface area contributed by atoms with Gasteiger partial charge in [0.1, 0.15) is 10.6 Å². The first kappa shape index (κ1) is 24.4. The molecule has 6 nitrogen and oxygen atoms in total. The molecule has 0 aromatic carbocycles. The predicted octanol–water partition coefficient (Wildman–Crippen LogP) is 5.36. The van der Waals surface area contributed by atoms with E-state index in [0.29, 0.717) is 12.8 Å². The third-order valence-electron chi connectivity index (χ3n) is 4.16. The van der Waals surface area contributed by atoms with Crippen LogP contribution in [0.3, 0.4) is 0 Å². The molecule has 0 saturated carbocycles. The lowest BCUT2D eigenvalue weighted by Gasteiger charge is -2.34. The Bertz CT molecular complexity index is 649. The van der Waals surface area contributed by atoms with Crippen molar-refractivity contribution in [2.45, 2.75) is 86.0 Å². The molecule has 0 N–H and O–H groups in total. The molecule has 1 rings (SSSR count). The number of aromatic nitrogens is 1. The van der Waals surface area contributed by atoms with Crippen molar-refractivity contribution in [3.63, 3.8) is 0 Å². The highest BCUT2D eigenvalue weighted by Gasteiger charge is 2.32. The van der Waals surface area contributed by atoms with Crippen molar-refractivity contribution in [1.29, 1.82) is 0 Å². The van der Waals surface area contributed by atoms with Gasteiger partial charge in [-0.2, -0.15) is 0 Å². The summed E-state index contributed by atoms with van der Waals surface area (Å²) in [7, 11) is 1.73. The fraction of sp³-hybridized carbons (Fsp3) is 0.762. The number of aryl methyl sites for hydroxylation is 1. The van der Waals surface area contributed by atoms with E-state index in [9.17, 15) is 9.59 Å². The van der Waals surface area contributed by atoms with E-state index < -0.39 is 11.7 Å². The molecule has 0 aliphatic carbocycles. The quantitative estimate of drug-likeness (QED) is 0.537. The number of thiazole rings is 1. The predicted molar refractivity (Wildman–Crippen MR) is 112 cm³/mol. The Morgan fingerprint density at radius 2 is 1.82 bits per heavy atom. The molecular weight excluding hydrogens is 376 g/mol. The maximum Gasteiger partial charge on any atom is 0.410 e. The van der Waals surface area contributed by atoms with E-state index in [2.05, 4.69) is 4.98 Å². The molecule has 1 aromatic rings. The van der Waals surface area contributed by atoms with Crippen LogP contribution in [0.25, 0.3) is 0 Å². The number of hydrogen-bond acceptors (Lipinski definition) is 6. The van der Waals surface area contributed by atoms with Gasteiger partial charge in [0.25, 0.3) is 0 Å². The van der Waals surface area contributed by atoms with Crippen LogP contribution < -0.4 is 0 Å². The van der Waals surface area contributed by atoms with Crippen molar-refractivity contribution < 1.29 is 19.1 Å². The fourth-order valence-electron chi connectivity index (χ4n) is 2.83. The number of esters is 1. The lowest BCUT2D eigenvalue weighted by molar-refractivity contribution is -0.151. The van der Waals surface area contributed by atoms with Crippen LogP contribution in [0, 0.1) is 18.8 Å². The SMILES string of the molecule is Cc1csc([C@@H](C[C@H](C(C)C)N(C)C(=O)OC(C)(C)C)OC(=O)CC(C)C)n1. The van der Waals surface area contributed by atoms with Crippen LogP contribution >= 0.6 is 11.3 Å². The Hall–Kier alpha value is -1.63. The lowest BCUT2D eigenvalue weighted by atomic mass is 9.96. The van der Waals surface area contributed by atoms with Crippen molar-refractivity contribution >= 4 is 23.4 Å². The van der Waals surface area contributed by atoms with Crippen molar-refractivity contribution in [2.75, 3.05) is 7.05 Å². The summed E-state index contributed by atoms with van der Waals surface area (Å²) in [5.41, 5.74) is 0.328. The maximum absolute atomic E-state index is 12.6. The monoisotopic (exact) mass is 412 g/mol. The Labute approximate surface area is 173 Å². The second kappa shape index (κ2) is 10.2. The zero-order valence-electron chi connectivity index (χ0n) is 18.7. The zero-order chi connectivity index (χ0) is 21.6. The molecule has 0 unspecified atom stereocenters. The Morgan fingerprint density at radius 3 is 2.25 bits per heavy atom. The minimum absolute atomic E-state index is 0.157. The second-order valence-electron chi connectivity index (χ2n) is 9.04. The van der Waals surface area contributed by atoms with E-state index in [1.165, 1.54) is 11.3 Å². The van der Waals surface area contributed by atoms with Gasteiger partial charge in [-0.25, -0.2) is 9.78 Å². The topological polar surface area (TPSA) is 68.7 Å². The molecular formula is C21H36N2O4S. The van der Waals surface area contributed by atoms with Crippen molar-refractivity contribution in [2.24, 2.45) is 11.8 Å². The summed E-state index contributed by atoms with van der Waals surface area (Å²) in [5.74, 6) is 0.136. The summed E-state index contributed by atoms with van der Waals surface area (Å²) in [6, 6.07) is -0.157. The number of carbonyl (C=O) groups excluding carboxylic acids is 2. The van der Waals surface area contributed by atoms with E-state index in [-0.39, 0.29) is 29.9 Å². The molecule has 0 saturated heterocycles. The highest BCUT2D eigenvalue weighted by molar-refractivity contribution is 7.09. The summed E-state index contributed by atoms with van der Waals surface area (Å²) >= 11 is 1.48. The highest BCUT2D eigenvalue weighted by atomic mass is 32.1. The first-order valence-corrected chi connectivity index (χ1v) is 10.8. The maximum atomic E-state index is 12.6. The first-order chi connectivity index (χ1) is 12.8. The molecule has 1 aromatic heterocycles. The summed E-state index contributed by atoms with van der Waals surface area (Å²) in [5, 5.41) is 2.71. The van der Waals surface area contributed by atoms with Crippen molar-refractivity contribution in [3.05, 3.63) is 16.1 Å². The molecule has 1 amide bonds. The van der Waals surface area contributed by atoms with E-state index in [1.807, 2.05) is 60.8 Å². The van der Waals surface area contributed by atoms with Crippen LogP contribution in [0.5, 0.6) is 0 Å². The van der Waals surface area contributed by atoms with Crippen molar-refractivity contribution in [3.8, 4) is 0 Å². The van der Waals surface area contributed by atoms with Gasteiger partial charge in [-0.15, -0.1) is 11.3 Å². The molecule has 0 bridgehead atoms. The minimum atomic E-state index is -0.567. The van der Waals surface area contributed by atoms with E-state index in [1.54, 1.807) is 11.9 Å². The minimum Gasteiger partial charge on any atom is -0.455 e. The molecule has 7 heteroatoms. The third kappa shape index (κ3) is 8.17. The molecule has 160 valence electrons. The summed E-state index contributed by atoms with van der Waals surface area (Å²) < 4.78 is 11.3. The van der Waals surface area contributed by atoms with Gasteiger partial charge >= 0.3 is 12.1 Å². The molecule has 28 heavy (non-hydrogen) atoms. The average molecular weight is 413 g/mol. The number of ether oxygens (including phenoxy) is 2. The van der Waals surface area contributed by atoms with Crippen molar-refractivity contribution in [1.82, 2.24) is 9.88 Å². The summed E-state index contributed by atoms with van der Waals surface area (Å²) in [6.45, 7) is 15.5. The number of rotatable bonds is 8. The van der Waals surface area contributed by atoms with Gasteiger partial charge in [-0.1, -0.05) is 27.7 Å². The van der Waals surface area contributed by atoms with Gasteiger partial charge in [0, 0.05) is 37.0 Å². The Kier molecular flexibility index (Phi) is 8.92. The number of carbonyl (C=O) groups is 2. The molecule has 0 spiro atoms. The number of amides is 1. The zero-order valence-corrected chi connectivity index (χ0v) is 19.6. The van der Waals surface area contributed by atoms with Crippen LogP contribution in [-0.2, 0) is 14.3 Å². The average Bonchev–Trinajstić information content (AvgIpc) is 2.94. The van der Waals surface area contributed by atoms with E-state index in [4.69, 9.17) is 9.47 Å². The van der Waals surface area contributed by atoms with Crippen LogP contribution in [0.4, 0.5) is 4.79 Å². The molecule has 0 radical (unpaired) electrons. The van der Waals surface area contributed by atoms with Gasteiger partial charge in [-0.3, -0.25) is 4.79 Å². The van der Waals surface area contributed by atoms with Crippen LogP contribution in [-0.4, -0.2) is 40.6 Å². The van der Waals surface area contributed by atoms with Gasteiger partial charge in [0.05, 0.1) is 0 Å². The second-order valence-corrected chi connectivity index (χ2v) is 9.93. The van der Waals surface area contributed by atoms with Gasteiger partial charge in [0.2, 0.25) is 0 Å². The molecule has 1 heterocycles. The Balaban J connectivity index is 3.03. The smallest absolute Gasteiger partial charge is 0.410 e. The summed E-state index contributed by atoms with van der Waals surface area (Å²) in [6.07, 6.45) is -0.0322. The van der Waals surface area contributed by atoms with Crippen LogP contribution in [0.2, 0.25) is 0 Å². The van der Waals surface area contributed by atoms with Gasteiger partial charge in [0.15, 0.2) is 6.10 Å². The molecule has 0 aliphatic rings. The molecule has 0 aliphatic heterocycles. The largest absolute Gasteiger partial charge is 0.455 e. The normalized spacial score (nSPS) is 14.1. The van der Waals surface area contributed by atoms with E-state index >= 15 is 0 Å². The lowest BCUT2D eigenvalue weighted by Crippen LogP contribution is -2.44. The fourth-order valence-corrected chi connectivity index (χ4v) is 3.66. The first-order valence-electron chi connectivity index (χ1n) is 9.87. The number of hydrogen-bond donors (Lipinski definition) is 0. The molecule has 0 fully saturated rings. The van der Waals surface area contributed by atoms with Crippen LogP contribution in [0.15, 0.2) is 5.38 Å². The highest BCUT2D eigenvalue weighted by Crippen LogP contribution is 2.31. The summed E-state index contributed by atoms with van der Waals surface area (Å²) in [4.78, 5) is 31.1. The number of nitrogens with zero attached hydrogens (tertiary/aromatic N) is 2. The third-order valence-corrected chi connectivity index (χ3v) is 5.22. The van der Waals surface area contributed by atoms with Gasteiger partial charge < -0.3 is 14.4 Å².